The first-order valence-corrected chi connectivity index (χ1v) is 12.1. The molecule has 0 aromatic rings. The third kappa shape index (κ3) is 20.6. The monoisotopic (exact) mass is 392 g/mol. The van der Waals surface area contributed by atoms with E-state index in [0.29, 0.717) is 13.2 Å². The minimum absolute atomic E-state index is 0. The van der Waals surface area contributed by atoms with Gasteiger partial charge in [-0.3, -0.25) is 0 Å². The summed E-state index contributed by atoms with van der Waals surface area (Å²) in [5, 5.41) is 0. The van der Waals surface area contributed by atoms with Crippen LogP contribution >= 0.6 is 5.69 Å². The van der Waals surface area contributed by atoms with Gasteiger partial charge in [-0.25, -0.2) is 0 Å². The molecule has 0 radical (unpaired) electrons. The molecule has 0 aromatic heterocycles. The number of hydrogen-bond acceptors (Lipinski definition) is 4. The predicted molar refractivity (Wildman–Crippen MR) is 100 cm³/mol. The Labute approximate surface area is 192 Å². The molecular weight excluding hydrogens is 358 g/mol. The Kier molecular flexibility index (Phi) is 20.7. The third-order valence-electron chi connectivity index (χ3n) is 3.35. The second-order valence-electron chi connectivity index (χ2n) is 6.60. The molecule has 0 amide bonds. The van der Waals surface area contributed by atoms with Crippen molar-refractivity contribution >= 4 is 29.7 Å². The van der Waals surface area contributed by atoms with Gasteiger partial charge in [0.15, 0.2) is 0 Å². The molecule has 0 rings (SSSR count). The molecule has 0 aliphatic heterocycles. The Morgan fingerprint density at radius 2 is 1.14 bits per heavy atom. The molecule has 0 unspecified atom stereocenters. The van der Waals surface area contributed by atoms with Crippen LogP contribution in [0, 0.1) is 11.8 Å². The summed E-state index contributed by atoms with van der Waals surface area (Å²) in [6.07, 6.45) is 9.56. The predicted octanol–water partition coefficient (Wildman–Crippen LogP) is 3.23. The summed E-state index contributed by atoms with van der Waals surface area (Å²) in [4.78, 5) is 0. The van der Waals surface area contributed by atoms with Crippen molar-refractivity contribution in [3.8, 4) is 0 Å². The van der Waals surface area contributed by atoms with Crippen LogP contribution in [0.1, 0.15) is 79.1 Å². The molecule has 128 valence electrons. The summed E-state index contributed by atoms with van der Waals surface area (Å²) >= 11 is 10.5. The van der Waals surface area contributed by atoms with E-state index in [1.54, 1.807) is 0 Å². The molecule has 0 fully saturated rings. The summed E-state index contributed by atoms with van der Waals surface area (Å²) in [5.41, 5.74) is -2.41. The van der Waals surface area contributed by atoms with Gasteiger partial charge in [0.1, 0.15) is 0 Å². The fourth-order valence-corrected chi connectivity index (χ4v) is 3.73. The first-order valence-electron chi connectivity index (χ1n) is 8.43. The Bertz CT molecular complexity index is 265. The van der Waals surface area contributed by atoms with Crippen LogP contribution in [-0.2, 0) is 33.1 Å². The second kappa shape index (κ2) is 17.0. The zero-order valence-corrected chi connectivity index (χ0v) is 21.0. The fourth-order valence-electron chi connectivity index (χ4n) is 2.05. The van der Waals surface area contributed by atoms with Crippen LogP contribution in [0.4, 0.5) is 0 Å². The molecule has 0 spiro atoms. The van der Waals surface area contributed by atoms with Crippen molar-refractivity contribution in [3.05, 3.63) is 0 Å². The van der Waals surface area contributed by atoms with Gasteiger partial charge in [-0.05, 0) is 24.7 Å². The van der Waals surface area contributed by atoms with E-state index in [1.807, 2.05) is 0 Å². The Balaban J connectivity index is 0. The van der Waals surface area contributed by atoms with E-state index in [1.165, 1.54) is 38.5 Å². The summed E-state index contributed by atoms with van der Waals surface area (Å²) in [6.45, 7) is 10.4. The van der Waals surface area contributed by atoms with Crippen LogP contribution in [-0.4, -0.2) is 13.2 Å². The third-order valence-corrected chi connectivity index (χ3v) is 5.61. The molecule has 0 atom stereocenters. The molecule has 2 nitrogen and oxygen atoms in total. The summed E-state index contributed by atoms with van der Waals surface area (Å²) in [5.74, 6) is 1.57. The van der Waals surface area contributed by atoms with Gasteiger partial charge in [-0.2, -0.15) is 0 Å². The van der Waals surface area contributed by atoms with Crippen molar-refractivity contribution in [2.75, 3.05) is 13.2 Å². The molecule has 0 aliphatic rings. The molecule has 0 N–H and O–H groups in total. The maximum absolute atomic E-state index is 5.60. The van der Waals surface area contributed by atoms with E-state index in [-0.39, 0.29) is 51.4 Å². The van der Waals surface area contributed by atoms with Crippen LogP contribution in [0.3, 0.4) is 0 Å². The van der Waals surface area contributed by atoms with Crippen molar-refractivity contribution in [2.24, 2.45) is 11.8 Å². The molecule has 0 heterocycles. The minimum Gasteiger partial charge on any atom is -0.691 e. The maximum Gasteiger partial charge on any atom is 1.00 e. The topological polar surface area (TPSA) is 18.5 Å². The van der Waals surface area contributed by atoms with Crippen LogP contribution in [0.2, 0.25) is 0 Å². The minimum atomic E-state index is -2.41. The molecule has 0 aromatic carbocycles. The average Bonchev–Trinajstić information content (AvgIpc) is 2.37. The second-order valence-corrected chi connectivity index (χ2v) is 11.6. The van der Waals surface area contributed by atoms with Gasteiger partial charge in [-0.15, -0.1) is 0 Å². The summed E-state index contributed by atoms with van der Waals surface area (Å²) in [7, 11) is 0. The van der Waals surface area contributed by atoms with Crippen molar-refractivity contribution in [1.82, 2.24) is 0 Å². The SMILES string of the molecule is CC(C)CCCCCOP(=S)([S-])OCCCCCC(C)C.[K+]. The molecule has 0 saturated carbocycles. The molecule has 6 heteroatoms. The van der Waals surface area contributed by atoms with Crippen molar-refractivity contribution in [2.45, 2.75) is 79.1 Å². The molecular formula is C16H34KO2PS2. The van der Waals surface area contributed by atoms with Crippen LogP contribution in [0.25, 0.3) is 0 Å². The van der Waals surface area contributed by atoms with Crippen molar-refractivity contribution in [1.29, 1.82) is 0 Å². The van der Waals surface area contributed by atoms with Gasteiger partial charge in [0.25, 0.3) is 0 Å². The van der Waals surface area contributed by atoms with Crippen LogP contribution < -0.4 is 51.4 Å². The zero-order valence-electron chi connectivity index (χ0n) is 15.3. The van der Waals surface area contributed by atoms with E-state index in [4.69, 9.17) is 33.1 Å². The van der Waals surface area contributed by atoms with Crippen molar-refractivity contribution < 1.29 is 60.4 Å². The van der Waals surface area contributed by atoms with Gasteiger partial charge < -0.3 is 21.3 Å². The Morgan fingerprint density at radius 3 is 1.45 bits per heavy atom. The van der Waals surface area contributed by atoms with E-state index in [2.05, 4.69) is 27.7 Å². The first-order chi connectivity index (χ1) is 9.83. The average molecular weight is 393 g/mol. The smallest absolute Gasteiger partial charge is 0.691 e. The number of hydrogen-bond donors (Lipinski definition) is 0. The molecule has 0 saturated heterocycles. The maximum atomic E-state index is 5.60. The Hall–Kier alpha value is 2.56. The van der Waals surface area contributed by atoms with Gasteiger partial charge in [0, 0.05) is 0 Å². The molecule has 0 aliphatic carbocycles. The van der Waals surface area contributed by atoms with Crippen LogP contribution in [0.5, 0.6) is 0 Å². The molecule has 22 heavy (non-hydrogen) atoms. The quantitative estimate of drug-likeness (QED) is 0.195. The summed E-state index contributed by atoms with van der Waals surface area (Å²) in [6, 6.07) is 0. The van der Waals surface area contributed by atoms with E-state index >= 15 is 0 Å². The fraction of sp³-hybridized carbons (Fsp3) is 1.00. The van der Waals surface area contributed by atoms with E-state index < -0.39 is 5.69 Å². The Morgan fingerprint density at radius 1 is 0.773 bits per heavy atom. The van der Waals surface area contributed by atoms with Gasteiger partial charge in [0.05, 0.1) is 18.9 Å². The van der Waals surface area contributed by atoms with E-state index in [0.717, 1.165) is 24.7 Å². The first kappa shape index (κ1) is 26.8. The summed E-state index contributed by atoms with van der Waals surface area (Å²) < 4.78 is 11.2. The number of unbranched alkanes of at least 4 members (excludes halogenated alkanes) is 4. The number of rotatable bonds is 14. The normalized spacial score (nSPS) is 12.0. The zero-order chi connectivity index (χ0) is 16.1. The van der Waals surface area contributed by atoms with Gasteiger partial charge >= 0.3 is 51.4 Å². The van der Waals surface area contributed by atoms with E-state index in [9.17, 15) is 0 Å². The van der Waals surface area contributed by atoms with Gasteiger partial charge in [0.2, 0.25) is 0 Å². The molecule has 0 bridgehead atoms. The van der Waals surface area contributed by atoms with Gasteiger partial charge in [-0.1, -0.05) is 78.0 Å². The standard InChI is InChI=1S/C16H35O2PS2.K/c1-15(2)11-7-5-9-13-17-19(20,21)18-14-10-6-8-12-16(3)4;/h15-16H,5-14H2,1-4H3,(H,20,21);/q;+1/p-1. The van der Waals surface area contributed by atoms with Crippen molar-refractivity contribution in [3.63, 3.8) is 0 Å². The largest absolute Gasteiger partial charge is 1.00 e. The van der Waals surface area contributed by atoms with Crippen LogP contribution in [0.15, 0.2) is 0 Å².